The number of benzene rings is 2. The molecule has 1 heterocycles. The lowest BCUT2D eigenvalue weighted by Crippen LogP contribution is -1.98. The van der Waals surface area contributed by atoms with Crippen molar-refractivity contribution >= 4 is 41.6 Å². The molecule has 0 radical (unpaired) electrons. The maximum Gasteiger partial charge on any atom is 0.216 e. The number of nitrogens with zero attached hydrogens (tertiary/aromatic N) is 3. The van der Waals surface area contributed by atoms with Crippen LogP contribution in [0.2, 0.25) is 10.0 Å². The fraction of sp³-hybridized carbons (Fsp3) is 0.167. The Balaban J connectivity index is 1.97. The van der Waals surface area contributed by atoms with Crippen molar-refractivity contribution in [1.82, 2.24) is 14.9 Å². The topological polar surface area (TPSA) is 64.4 Å². The van der Waals surface area contributed by atoms with Gasteiger partial charge < -0.3 is 9.47 Å². The monoisotopic (exact) mass is 422 g/mol. The van der Waals surface area contributed by atoms with Crippen LogP contribution in [0, 0.1) is 4.77 Å². The predicted molar refractivity (Wildman–Crippen MR) is 110 cm³/mol. The zero-order valence-electron chi connectivity index (χ0n) is 14.6. The molecule has 1 aromatic heterocycles. The molecular weight excluding hydrogens is 407 g/mol. The van der Waals surface area contributed by atoms with Crippen molar-refractivity contribution in [1.29, 1.82) is 0 Å². The number of rotatable bonds is 6. The SMILES string of the molecule is CCOc1ccc(/C=N/n2c(-c3ccc(Cl)cc3Cl)n[nH]c2=S)cc1OC. The van der Waals surface area contributed by atoms with Gasteiger partial charge in [0.2, 0.25) is 4.77 Å². The summed E-state index contributed by atoms with van der Waals surface area (Å²) in [4.78, 5) is 0. The standard InChI is InChI=1S/C18H16Cl2N4O2S/c1-3-26-15-7-4-11(8-16(15)25-2)10-21-24-17(22-23-18(24)27)13-6-5-12(19)9-14(13)20/h4-10H,3H2,1-2H3,(H,23,27)/b21-10+. The maximum atomic E-state index is 6.28. The molecule has 0 aliphatic carbocycles. The number of ether oxygens (including phenoxy) is 2. The normalized spacial score (nSPS) is 11.1. The Hall–Kier alpha value is -2.35. The van der Waals surface area contributed by atoms with Gasteiger partial charge >= 0.3 is 0 Å². The number of methoxy groups -OCH3 is 1. The van der Waals surface area contributed by atoms with Gasteiger partial charge in [-0.05, 0) is 61.1 Å². The molecule has 9 heteroatoms. The van der Waals surface area contributed by atoms with Crippen molar-refractivity contribution in [3.8, 4) is 22.9 Å². The van der Waals surface area contributed by atoms with E-state index in [9.17, 15) is 0 Å². The Labute approximate surface area is 171 Å². The Morgan fingerprint density at radius 1 is 1.22 bits per heavy atom. The van der Waals surface area contributed by atoms with Crippen molar-refractivity contribution in [3.05, 3.63) is 56.8 Å². The van der Waals surface area contributed by atoms with Gasteiger partial charge in [-0.25, -0.2) is 5.10 Å². The number of H-pyrrole nitrogens is 1. The van der Waals surface area contributed by atoms with E-state index < -0.39 is 0 Å². The molecule has 27 heavy (non-hydrogen) atoms. The Morgan fingerprint density at radius 3 is 2.74 bits per heavy atom. The van der Waals surface area contributed by atoms with Gasteiger partial charge in [0, 0.05) is 10.6 Å². The highest BCUT2D eigenvalue weighted by atomic mass is 35.5. The summed E-state index contributed by atoms with van der Waals surface area (Å²) >= 11 is 17.5. The average Bonchev–Trinajstić information content (AvgIpc) is 3.01. The van der Waals surface area contributed by atoms with E-state index in [2.05, 4.69) is 15.3 Å². The van der Waals surface area contributed by atoms with E-state index in [1.54, 1.807) is 31.5 Å². The molecule has 0 unspecified atom stereocenters. The summed E-state index contributed by atoms with van der Waals surface area (Å²) in [6.45, 7) is 2.47. The molecule has 3 aromatic rings. The molecule has 0 spiro atoms. The summed E-state index contributed by atoms with van der Waals surface area (Å²) in [5.74, 6) is 1.78. The van der Waals surface area contributed by atoms with Gasteiger partial charge in [0.05, 0.1) is 25.0 Å². The minimum absolute atomic E-state index is 0.338. The highest BCUT2D eigenvalue weighted by Crippen LogP contribution is 2.30. The number of nitrogens with one attached hydrogen (secondary N) is 1. The Morgan fingerprint density at radius 2 is 2.04 bits per heavy atom. The first kappa shape index (κ1) is 19.4. The van der Waals surface area contributed by atoms with Crippen LogP contribution in [0.3, 0.4) is 0 Å². The fourth-order valence-corrected chi connectivity index (χ4v) is 3.08. The predicted octanol–water partition coefficient (Wildman–Crippen LogP) is 5.20. The summed E-state index contributed by atoms with van der Waals surface area (Å²) in [5.41, 5.74) is 1.47. The van der Waals surface area contributed by atoms with E-state index in [1.807, 2.05) is 25.1 Å². The number of aromatic nitrogens is 3. The molecule has 0 saturated carbocycles. The number of halogens is 2. The van der Waals surface area contributed by atoms with Crippen LogP contribution in [0.4, 0.5) is 0 Å². The van der Waals surface area contributed by atoms with Crippen molar-refractivity contribution < 1.29 is 9.47 Å². The summed E-state index contributed by atoms with van der Waals surface area (Å²) in [7, 11) is 1.59. The molecule has 0 saturated heterocycles. The molecule has 0 aliphatic heterocycles. The van der Waals surface area contributed by atoms with E-state index in [0.29, 0.717) is 44.3 Å². The summed E-state index contributed by atoms with van der Waals surface area (Å²) in [6, 6.07) is 10.7. The maximum absolute atomic E-state index is 6.28. The quantitative estimate of drug-likeness (QED) is 0.437. The molecule has 0 amide bonds. The van der Waals surface area contributed by atoms with Crippen LogP contribution in [-0.4, -0.2) is 34.8 Å². The molecule has 1 N–H and O–H groups in total. The summed E-state index contributed by atoms with van der Waals surface area (Å²) < 4.78 is 12.7. The second kappa shape index (κ2) is 8.56. The fourth-order valence-electron chi connectivity index (χ4n) is 2.41. The zero-order valence-corrected chi connectivity index (χ0v) is 16.9. The zero-order chi connectivity index (χ0) is 19.4. The highest BCUT2D eigenvalue weighted by Gasteiger charge is 2.12. The third kappa shape index (κ3) is 4.32. The van der Waals surface area contributed by atoms with Gasteiger partial charge in [-0.15, -0.1) is 0 Å². The van der Waals surface area contributed by atoms with Gasteiger partial charge in [0.1, 0.15) is 0 Å². The van der Waals surface area contributed by atoms with Crippen molar-refractivity contribution in [3.63, 3.8) is 0 Å². The van der Waals surface area contributed by atoms with Gasteiger partial charge in [0.15, 0.2) is 17.3 Å². The highest BCUT2D eigenvalue weighted by molar-refractivity contribution is 7.71. The molecule has 0 fully saturated rings. The van der Waals surface area contributed by atoms with Crippen molar-refractivity contribution in [2.75, 3.05) is 13.7 Å². The third-order valence-corrected chi connectivity index (χ3v) is 4.44. The minimum atomic E-state index is 0.338. The van der Waals surface area contributed by atoms with Crippen molar-refractivity contribution in [2.24, 2.45) is 5.10 Å². The Kier molecular flexibility index (Phi) is 6.15. The van der Waals surface area contributed by atoms with Crippen LogP contribution in [-0.2, 0) is 0 Å². The number of aromatic amines is 1. The molecule has 6 nitrogen and oxygen atoms in total. The van der Waals surface area contributed by atoms with Crippen LogP contribution in [0.15, 0.2) is 41.5 Å². The van der Waals surface area contributed by atoms with Crippen LogP contribution >= 0.6 is 35.4 Å². The molecule has 3 rings (SSSR count). The largest absolute Gasteiger partial charge is 0.493 e. The molecule has 140 valence electrons. The molecule has 0 aliphatic rings. The Bertz CT molecular complexity index is 1050. The lowest BCUT2D eigenvalue weighted by molar-refractivity contribution is 0.311. The first-order valence-corrected chi connectivity index (χ1v) is 9.18. The van der Waals surface area contributed by atoms with Gasteiger partial charge in [-0.3, -0.25) is 0 Å². The lowest BCUT2D eigenvalue weighted by Gasteiger charge is -2.09. The van der Waals surface area contributed by atoms with Crippen molar-refractivity contribution in [2.45, 2.75) is 6.92 Å². The number of hydrogen-bond acceptors (Lipinski definition) is 5. The minimum Gasteiger partial charge on any atom is -0.493 e. The third-order valence-electron chi connectivity index (χ3n) is 3.63. The van der Waals surface area contributed by atoms with E-state index in [1.165, 1.54) is 4.68 Å². The van der Waals surface area contributed by atoms with E-state index in [0.717, 1.165) is 5.56 Å². The van der Waals surface area contributed by atoms with Gasteiger partial charge in [-0.1, -0.05) is 23.2 Å². The van der Waals surface area contributed by atoms with E-state index in [-0.39, 0.29) is 0 Å². The second-order valence-corrected chi connectivity index (χ2v) is 6.61. The molecule has 2 aromatic carbocycles. The molecule has 0 atom stereocenters. The first-order chi connectivity index (χ1) is 13.0. The molecule has 0 bridgehead atoms. The van der Waals surface area contributed by atoms with Crippen LogP contribution in [0.5, 0.6) is 11.5 Å². The van der Waals surface area contributed by atoms with Crippen LogP contribution in [0.1, 0.15) is 12.5 Å². The summed E-state index contributed by atoms with van der Waals surface area (Å²) in [6.07, 6.45) is 1.65. The molecular formula is C18H16Cl2N4O2S. The van der Waals surface area contributed by atoms with Crippen LogP contribution < -0.4 is 9.47 Å². The first-order valence-electron chi connectivity index (χ1n) is 8.01. The average molecular weight is 423 g/mol. The summed E-state index contributed by atoms with van der Waals surface area (Å²) in [5, 5.41) is 12.4. The number of hydrogen-bond donors (Lipinski definition) is 1. The van der Waals surface area contributed by atoms with Gasteiger partial charge in [0.25, 0.3) is 0 Å². The van der Waals surface area contributed by atoms with E-state index >= 15 is 0 Å². The lowest BCUT2D eigenvalue weighted by atomic mass is 10.2. The van der Waals surface area contributed by atoms with Gasteiger partial charge in [-0.2, -0.15) is 14.9 Å². The van der Waals surface area contributed by atoms with Crippen LogP contribution in [0.25, 0.3) is 11.4 Å². The second-order valence-electron chi connectivity index (χ2n) is 5.38. The smallest absolute Gasteiger partial charge is 0.216 e. The van der Waals surface area contributed by atoms with E-state index in [4.69, 9.17) is 44.9 Å².